The van der Waals surface area contributed by atoms with Crippen LogP contribution in [0.25, 0.3) is 11.5 Å². The van der Waals surface area contributed by atoms with Crippen molar-refractivity contribution >= 4 is 11.9 Å². The van der Waals surface area contributed by atoms with Crippen LogP contribution in [0.15, 0.2) is 34.7 Å². The number of nitrogens with one attached hydrogen (secondary N) is 1. The molecule has 1 aromatic carbocycles. The van der Waals surface area contributed by atoms with Crippen molar-refractivity contribution in [2.24, 2.45) is 5.92 Å². The Hall–Kier alpha value is -2.70. The predicted molar refractivity (Wildman–Crippen MR) is 98.8 cm³/mol. The summed E-state index contributed by atoms with van der Waals surface area (Å²) < 4.78 is 5.59. The number of carboxylic acids is 1. The number of aromatic nitrogens is 2. The van der Waals surface area contributed by atoms with E-state index in [1.165, 1.54) is 0 Å². The SMILES string of the molecule is CCC1CCC(NC(=O)CCc2nnc(-c3ccccc3)o2)(C(=O)O)CC1. The van der Waals surface area contributed by atoms with Gasteiger partial charge in [-0.05, 0) is 43.7 Å². The molecule has 1 aliphatic carbocycles. The Morgan fingerprint density at radius 3 is 2.56 bits per heavy atom. The molecule has 0 bridgehead atoms. The molecule has 3 rings (SSSR count). The first-order valence-electron chi connectivity index (χ1n) is 9.44. The van der Waals surface area contributed by atoms with Gasteiger partial charge in [0, 0.05) is 18.4 Å². The molecule has 0 saturated heterocycles. The summed E-state index contributed by atoms with van der Waals surface area (Å²) in [5, 5.41) is 20.4. The van der Waals surface area contributed by atoms with Gasteiger partial charge in [-0.1, -0.05) is 31.5 Å². The molecule has 1 saturated carbocycles. The van der Waals surface area contributed by atoms with Crippen molar-refractivity contribution in [3.05, 3.63) is 36.2 Å². The smallest absolute Gasteiger partial charge is 0.329 e. The quantitative estimate of drug-likeness (QED) is 0.774. The molecule has 1 fully saturated rings. The zero-order valence-corrected chi connectivity index (χ0v) is 15.5. The maximum absolute atomic E-state index is 12.4. The zero-order chi connectivity index (χ0) is 19.3. The Labute approximate surface area is 158 Å². The second-order valence-corrected chi connectivity index (χ2v) is 7.15. The predicted octanol–water partition coefficient (Wildman–Crippen LogP) is 3.21. The Morgan fingerprint density at radius 2 is 1.93 bits per heavy atom. The van der Waals surface area contributed by atoms with Crippen molar-refractivity contribution in [2.75, 3.05) is 0 Å². The van der Waals surface area contributed by atoms with Gasteiger partial charge in [-0.25, -0.2) is 4.79 Å². The summed E-state index contributed by atoms with van der Waals surface area (Å²) in [6.07, 6.45) is 4.04. The van der Waals surface area contributed by atoms with Crippen LogP contribution in [0.2, 0.25) is 0 Å². The van der Waals surface area contributed by atoms with E-state index in [-0.39, 0.29) is 18.7 Å². The van der Waals surface area contributed by atoms with Gasteiger partial charge in [-0.15, -0.1) is 10.2 Å². The van der Waals surface area contributed by atoms with Crippen molar-refractivity contribution in [3.8, 4) is 11.5 Å². The number of benzene rings is 1. The molecule has 1 aliphatic rings. The molecule has 1 aromatic heterocycles. The van der Waals surface area contributed by atoms with Crippen molar-refractivity contribution in [3.63, 3.8) is 0 Å². The fourth-order valence-electron chi connectivity index (χ4n) is 3.57. The summed E-state index contributed by atoms with van der Waals surface area (Å²) >= 11 is 0. The minimum absolute atomic E-state index is 0.114. The fraction of sp³-hybridized carbons (Fsp3) is 0.500. The molecular weight excluding hydrogens is 346 g/mol. The number of carbonyl (C=O) groups is 2. The van der Waals surface area contributed by atoms with Crippen LogP contribution in [-0.4, -0.2) is 32.7 Å². The van der Waals surface area contributed by atoms with E-state index in [4.69, 9.17) is 4.42 Å². The van der Waals surface area contributed by atoms with E-state index in [1.54, 1.807) is 0 Å². The van der Waals surface area contributed by atoms with Crippen LogP contribution in [0, 0.1) is 5.92 Å². The van der Waals surface area contributed by atoms with Gasteiger partial charge in [0.25, 0.3) is 0 Å². The highest BCUT2D eigenvalue weighted by atomic mass is 16.4. The fourth-order valence-corrected chi connectivity index (χ4v) is 3.57. The standard InChI is InChI=1S/C20H25N3O4/c1-2-14-10-12-20(13-11-14,19(25)26)21-16(24)8-9-17-22-23-18(27-17)15-6-4-3-5-7-15/h3-7,14H,2,8-13H2,1H3,(H,21,24)(H,25,26). The topological polar surface area (TPSA) is 105 Å². The normalized spacial score (nSPS) is 22.3. The number of aryl methyl sites for hydroxylation is 1. The molecule has 144 valence electrons. The maximum atomic E-state index is 12.4. The van der Waals surface area contributed by atoms with Crippen molar-refractivity contribution in [2.45, 2.75) is 57.4 Å². The molecular formula is C20H25N3O4. The lowest BCUT2D eigenvalue weighted by molar-refractivity contribution is -0.149. The highest BCUT2D eigenvalue weighted by Crippen LogP contribution is 2.34. The van der Waals surface area contributed by atoms with Crippen LogP contribution in [0.4, 0.5) is 0 Å². The molecule has 1 amide bonds. The lowest BCUT2D eigenvalue weighted by Crippen LogP contribution is -2.56. The second kappa shape index (κ2) is 8.33. The van der Waals surface area contributed by atoms with E-state index in [2.05, 4.69) is 22.4 Å². The van der Waals surface area contributed by atoms with Crippen LogP contribution in [0.3, 0.4) is 0 Å². The molecule has 7 heteroatoms. The minimum atomic E-state index is -1.15. The molecule has 0 atom stereocenters. The number of aliphatic carboxylic acids is 1. The molecule has 0 unspecified atom stereocenters. The lowest BCUT2D eigenvalue weighted by Gasteiger charge is -2.37. The van der Waals surface area contributed by atoms with Crippen LogP contribution < -0.4 is 5.32 Å². The second-order valence-electron chi connectivity index (χ2n) is 7.15. The first-order chi connectivity index (χ1) is 13.0. The Bertz CT molecular complexity index is 780. The molecule has 2 aromatic rings. The number of amides is 1. The van der Waals surface area contributed by atoms with E-state index >= 15 is 0 Å². The molecule has 7 nitrogen and oxygen atoms in total. The minimum Gasteiger partial charge on any atom is -0.480 e. The van der Waals surface area contributed by atoms with Gasteiger partial charge in [-0.2, -0.15) is 0 Å². The van der Waals surface area contributed by atoms with Gasteiger partial charge in [0.05, 0.1) is 0 Å². The van der Waals surface area contributed by atoms with Crippen LogP contribution >= 0.6 is 0 Å². The van der Waals surface area contributed by atoms with E-state index in [0.717, 1.165) is 24.8 Å². The Kier molecular flexibility index (Phi) is 5.88. The van der Waals surface area contributed by atoms with Gasteiger partial charge in [0.2, 0.25) is 17.7 Å². The number of rotatable bonds is 7. The molecule has 2 N–H and O–H groups in total. The first-order valence-corrected chi connectivity index (χ1v) is 9.44. The number of hydrogen-bond acceptors (Lipinski definition) is 5. The van der Waals surface area contributed by atoms with Crippen molar-refractivity contribution in [1.82, 2.24) is 15.5 Å². The van der Waals surface area contributed by atoms with E-state index in [0.29, 0.717) is 30.5 Å². The van der Waals surface area contributed by atoms with Gasteiger partial charge in [0.1, 0.15) is 5.54 Å². The first kappa shape index (κ1) is 19.1. The highest BCUT2D eigenvalue weighted by Gasteiger charge is 2.42. The molecule has 1 heterocycles. The summed E-state index contributed by atoms with van der Waals surface area (Å²) in [6, 6.07) is 9.40. The van der Waals surface area contributed by atoms with Crippen LogP contribution in [0.1, 0.15) is 51.3 Å². The maximum Gasteiger partial charge on any atom is 0.329 e. The summed E-state index contributed by atoms with van der Waals surface area (Å²) in [7, 11) is 0. The van der Waals surface area contributed by atoms with Gasteiger partial charge < -0.3 is 14.8 Å². The van der Waals surface area contributed by atoms with Crippen molar-refractivity contribution in [1.29, 1.82) is 0 Å². The largest absolute Gasteiger partial charge is 0.480 e. The number of carboxylic acid groups (broad SMARTS) is 1. The van der Waals surface area contributed by atoms with Crippen LogP contribution in [0.5, 0.6) is 0 Å². The Morgan fingerprint density at radius 1 is 1.22 bits per heavy atom. The van der Waals surface area contributed by atoms with Crippen molar-refractivity contribution < 1.29 is 19.1 Å². The third-order valence-corrected chi connectivity index (χ3v) is 5.38. The van der Waals surface area contributed by atoms with E-state index in [9.17, 15) is 14.7 Å². The highest BCUT2D eigenvalue weighted by molar-refractivity contribution is 5.87. The monoisotopic (exact) mass is 371 g/mol. The third kappa shape index (κ3) is 4.53. The molecule has 0 spiro atoms. The molecule has 27 heavy (non-hydrogen) atoms. The summed E-state index contributed by atoms with van der Waals surface area (Å²) in [5.41, 5.74) is -0.328. The summed E-state index contributed by atoms with van der Waals surface area (Å²) in [6.45, 7) is 2.12. The summed E-state index contributed by atoms with van der Waals surface area (Å²) in [4.78, 5) is 24.1. The number of hydrogen-bond donors (Lipinski definition) is 2. The zero-order valence-electron chi connectivity index (χ0n) is 15.5. The number of carbonyl (C=O) groups excluding carboxylic acids is 1. The average Bonchev–Trinajstić information content (AvgIpc) is 3.17. The average molecular weight is 371 g/mol. The third-order valence-electron chi connectivity index (χ3n) is 5.38. The molecule has 0 radical (unpaired) electrons. The van der Waals surface area contributed by atoms with Gasteiger partial charge in [-0.3, -0.25) is 4.79 Å². The van der Waals surface area contributed by atoms with Gasteiger partial charge >= 0.3 is 5.97 Å². The summed E-state index contributed by atoms with van der Waals surface area (Å²) in [5.74, 6) is 0.0690. The Balaban J connectivity index is 1.56. The molecule has 0 aliphatic heterocycles. The lowest BCUT2D eigenvalue weighted by atomic mass is 9.75. The number of nitrogens with zero attached hydrogens (tertiary/aromatic N) is 2. The van der Waals surface area contributed by atoms with Crippen LogP contribution in [-0.2, 0) is 16.0 Å². The van der Waals surface area contributed by atoms with E-state index in [1.807, 2.05) is 30.3 Å². The van der Waals surface area contributed by atoms with E-state index < -0.39 is 11.5 Å². The van der Waals surface area contributed by atoms with Gasteiger partial charge in [0.15, 0.2) is 0 Å².